The van der Waals surface area contributed by atoms with E-state index >= 15 is 0 Å². The van der Waals surface area contributed by atoms with Gasteiger partial charge in [-0.05, 0) is 54.8 Å². The molecule has 0 aromatic heterocycles. The van der Waals surface area contributed by atoms with E-state index in [2.05, 4.69) is 10.1 Å². The van der Waals surface area contributed by atoms with Crippen LogP contribution < -0.4 is 10.1 Å². The number of piperidine rings is 1. The van der Waals surface area contributed by atoms with E-state index in [1.807, 2.05) is 0 Å². The average Bonchev–Trinajstić information content (AvgIpc) is 3.20. The normalized spacial score (nSPS) is 20.8. The summed E-state index contributed by atoms with van der Waals surface area (Å²) >= 11 is 0. The van der Waals surface area contributed by atoms with Crippen molar-refractivity contribution in [2.24, 2.45) is 0 Å². The fourth-order valence-corrected chi connectivity index (χ4v) is 4.36. The molecule has 186 valence electrons. The van der Waals surface area contributed by atoms with Crippen LogP contribution in [0.3, 0.4) is 0 Å². The number of amides is 2. The number of ketones is 1. The first kappa shape index (κ1) is 24.5. The number of halogens is 3. The van der Waals surface area contributed by atoms with E-state index in [9.17, 15) is 32.7 Å². The Kier molecular flexibility index (Phi) is 6.97. The predicted octanol–water partition coefficient (Wildman–Crippen LogP) is 2.59. The maximum absolute atomic E-state index is 13.5. The molecular formula is C24H23F3N2O6. The van der Waals surface area contributed by atoms with Crippen LogP contribution in [-0.2, 0) is 20.7 Å². The summed E-state index contributed by atoms with van der Waals surface area (Å²) in [6, 6.07) is 8.65. The highest BCUT2D eigenvalue weighted by atomic mass is 19.4. The number of nitrogens with one attached hydrogen (secondary N) is 1. The van der Waals surface area contributed by atoms with E-state index in [0.29, 0.717) is 24.9 Å². The molecule has 2 aromatic carbocycles. The van der Waals surface area contributed by atoms with Gasteiger partial charge in [0.25, 0.3) is 5.91 Å². The molecule has 8 nitrogen and oxygen atoms in total. The largest absolute Gasteiger partial charge is 0.573 e. The summed E-state index contributed by atoms with van der Waals surface area (Å²) < 4.78 is 46.5. The Morgan fingerprint density at radius 1 is 1.14 bits per heavy atom. The molecule has 2 saturated heterocycles. The molecule has 35 heavy (non-hydrogen) atoms. The van der Waals surface area contributed by atoms with Gasteiger partial charge in [-0.25, -0.2) is 0 Å². The quantitative estimate of drug-likeness (QED) is 0.643. The van der Waals surface area contributed by atoms with Crippen molar-refractivity contribution in [3.05, 3.63) is 59.7 Å². The van der Waals surface area contributed by atoms with Crippen molar-refractivity contribution in [1.29, 1.82) is 0 Å². The zero-order chi connectivity index (χ0) is 25.2. The van der Waals surface area contributed by atoms with Crippen molar-refractivity contribution in [2.45, 2.75) is 43.8 Å². The molecule has 2 amide bonds. The molecule has 2 aromatic rings. The lowest BCUT2D eigenvalue weighted by atomic mass is 9.95. The minimum atomic E-state index is -4.86. The number of Topliss-reactive ketones (excluding diaryl/α,β-unsaturated/α-hetero) is 1. The molecule has 0 radical (unpaired) electrons. The first-order valence-corrected chi connectivity index (χ1v) is 11.0. The molecule has 0 spiro atoms. The molecule has 2 heterocycles. The Balaban J connectivity index is 1.54. The third-order valence-corrected chi connectivity index (χ3v) is 5.96. The van der Waals surface area contributed by atoms with E-state index in [-0.39, 0.29) is 36.2 Å². The van der Waals surface area contributed by atoms with Gasteiger partial charge < -0.3 is 24.8 Å². The molecule has 0 saturated carbocycles. The van der Waals surface area contributed by atoms with Crippen LogP contribution in [0.5, 0.6) is 11.5 Å². The van der Waals surface area contributed by atoms with Gasteiger partial charge in [0, 0.05) is 18.5 Å². The lowest BCUT2D eigenvalue weighted by Gasteiger charge is -2.37. The van der Waals surface area contributed by atoms with Crippen molar-refractivity contribution in [3.63, 3.8) is 0 Å². The lowest BCUT2D eigenvalue weighted by Crippen LogP contribution is -2.58. The van der Waals surface area contributed by atoms with Crippen LogP contribution in [0.1, 0.15) is 28.8 Å². The number of rotatable bonds is 6. The van der Waals surface area contributed by atoms with Crippen molar-refractivity contribution in [1.82, 2.24) is 10.2 Å². The maximum atomic E-state index is 13.5. The minimum absolute atomic E-state index is 0.0276. The predicted molar refractivity (Wildman–Crippen MR) is 116 cm³/mol. The van der Waals surface area contributed by atoms with Crippen molar-refractivity contribution >= 4 is 17.6 Å². The Morgan fingerprint density at radius 2 is 1.83 bits per heavy atom. The summed E-state index contributed by atoms with van der Waals surface area (Å²) in [4.78, 5) is 40.3. The number of aromatic hydroxyl groups is 1. The maximum Gasteiger partial charge on any atom is 0.573 e. The summed E-state index contributed by atoms with van der Waals surface area (Å²) in [6.07, 6.45) is -3.88. The lowest BCUT2D eigenvalue weighted by molar-refractivity contribution is -0.274. The monoisotopic (exact) mass is 492 g/mol. The smallest absolute Gasteiger partial charge is 0.508 e. The van der Waals surface area contributed by atoms with Crippen LogP contribution in [0.15, 0.2) is 48.5 Å². The average molecular weight is 492 g/mol. The van der Waals surface area contributed by atoms with Gasteiger partial charge in [-0.15, -0.1) is 13.2 Å². The van der Waals surface area contributed by atoms with E-state index in [4.69, 9.17) is 4.74 Å². The zero-order valence-electron chi connectivity index (χ0n) is 18.5. The number of hydrogen-bond donors (Lipinski definition) is 2. The molecule has 0 bridgehead atoms. The summed E-state index contributed by atoms with van der Waals surface area (Å²) in [5, 5.41) is 12.2. The number of ether oxygens (including phenoxy) is 2. The number of carbonyl (C=O) groups excluding carboxylic acids is 3. The van der Waals surface area contributed by atoms with Crippen molar-refractivity contribution in [3.8, 4) is 11.5 Å². The van der Waals surface area contributed by atoms with Gasteiger partial charge in [0.2, 0.25) is 5.91 Å². The number of carbonyl (C=O) groups is 3. The van der Waals surface area contributed by atoms with Gasteiger partial charge in [-0.3, -0.25) is 14.4 Å². The Labute approximate surface area is 198 Å². The van der Waals surface area contributed by atoms with Crippen LogP contribution in [0.4, 0.5) is 13.2 Å². The van der Waals surface area contributed by atoms with E-state index < -0.39 is 36.0 Å². The second-order valence-electron chi connectivity index (χ2n) is 8.40. The molecule has 2 N–H and O–H groups in total. The van der Waals surface area contributed by atoms with Crippen LogP contribution in [-0.4, -0.2) is 65.3 Å². The van der Waals surface area contributed by atoms with Crippen LogP contribution in [0.25, 0.3) is 0 Å². The summed E-state index contributed by atoms with van der Waals surface area (Å²) in [5.74, 6) is -1.78. The van der Waals surface area contributed by atoms with Crippen molar-refractivity contribution in [2.75, 3.05) is 13.2 Å². The van der Waals surface area contributed by atoms with Gasteiger partial charge >= 0.3 is 6.36 Å². The van der Waals surface area contributed by atoms with Gasteiger partial charge in [0.1, 0.15) is 30.2 Å². The molecular weight excluding hydrogens is 469 g/mol. The molecule has 2 fully saturated rings. The van der Waals surface area contributed by atoms with Crippen LogP contribution in [0, 0.1) is 0 Å². The summed E-state index contributed by atoms with van der Waals surface area (Å²) in [6.45, 7) is 0.265. The molecule has 0 unspecified atom stereocenters. The first-order chi connectivity index (χ1) is 16.6. The fourth-order valence-electron chi connectivity index (χ4n) is 4.36. The van der Waals surface area contributed by atoms with Gasteiger partial charge in [-0.1, -0.05) is 12.1 Å². The summed E-state index contributed by atoms with van der Waals surface area (Å²) in [5.41, 5.74) is 0.678. The van der Waals surface area contributed by atoms with Gasteiger partial charge in [-0.2, -0.15) is 0 Å². The number of phenols is 1. The molecule has 4 rings (SSSR count). The summed E-state index contributed by atoms with van der Waals surface area (Å²) in [7, 11) is 0. The van der Waals surface area contributed by atoms with Crippen LogP contribution >= 0.6 is 0 Å². The molecule has 2 aliphatic heterocycles. The zero-order valence-corrected chi connectivity index (χ0v) is 18.5. The SMILES string of the molecule is O=C(N[C@@H](Cc1ccc(O)cc1)C(=O)N1CCC[C@H]2OCC(=O)[C@H]21)c1ccc(OC(F)(F)F)cc1. The number of likely N-dealkylation sites (tertiary alicyclic amines) is 1. The number of hydrogen-bond acceptors (Lipinski definition) is 6. The van der Waals surface area contributed by atoms with E-state index in [1.54, 1.807) is 12.1 Å². The number of phenolic OH excluding ortho intramolecular Hbond substituents is 1. The first-order valence-electron chi connectivity index (χ1n) is 11.0. The topological polar surface area (TPSA) is 105 Å². The van der Waals surface area contributed by atoms with Crippen LogP contribution in [0.2, 0.25) is 0 Å². The second-order valence-corrected chi connectivity index (χ2v) is 8.40. The Bertz CT molecular complexity index is 1090. The van der Waals surface area contributed by atoms with Gasteiger partial charge in [0.15, 0.2) is 5.78 Å². The Hall–Kier alpha value is -3.60. The highest BCUT2D eigenvalue weighted by Gasteiger charge is 2.45. The van der Waals surface area contributed by atoms with Crippen molar-refractivity contribution < 1.29 is 42.1 Å². The third kappa shape index (κ3) is 5.91. The minimum Gasteiger partial charge on any atom is -0.508 e. The second kappa shape index (κ2) is 9.95. The number of benzene rings is 2. The third-order valence-electron chi connectivity index (χ3n) is 5.96. The number of alkyl halides is 3. The van der Waals surface area contributed by atoms with Gasteiger partial charge in [0.05, 0.1) is 6.10 Å². The highest BCUT2D eigenvalue weighted by molar-refractivity contribution is 5.99. The molecule has 0 aliphatic carbocycles. The van der Waals surface area contributed by atoms with E-state index in [1.165, 1.54) is 17.0 Å². The molecule has 2 aliphatic rings. The standard InChI is InChI=1S/C24H23F3N2O6/c25-24(26,27)35-17-9-5-15(6-10-17)22(32)28-18(12-14-3-7-16(30)8-4-14)23(33)29-11-1-2-20-21(29)19(31)13-34-20/h3-10,18,20-21,30H,1-2,11-13H2,(H,28,32)/t18-,20+,21+/m0/s1. The Morgan fingerprint density at radius 3 is 2.49 bits per heavy atom. The fraction of sp³-hybridized carbons (Fsp3) is 0.375. The molecule has 3 atom stereocenters. The number of nitrogens with zero attached hydrogens (tertiary/aromatic N) is 1. The highest BCUT2D eigenvalue weighted by Crippen LogP contribution is 2.27. The van der Waals surface area contributed by atoms with E-state index in [0.717, 1.165) is 24.3 Å². The number of fused-ring (bicyclic) bond motifs is 1. The molecule has 11 heteroatoms.